The van der Waals surface area contributed by atoms with E-state index in [0.717, 1.165) is 21.9 Å². The van der Waals surface area contributed by atoms with Gasteiger partial charge in [0.05, 0.1) is 27.2 Å². The average molecular weight is 398 g/mol. The number of aromatic nitrogens is 4. The highest BCUT2D eigenvalue weighted by Gasteiger charge is 2.18. The first-order valence-corrected chi connectivity index (χ1v) is 10.3. The summed E-state index contributed by atoms with van der Waals surface area (Å²) < 4.78 is 2.15. The Labute approximate surface area is 171 Å². The van der Waals surface area contributed by atoms with E-state index in [-0.39, 0.29) is 10.8 Å². The van der Waals surface area contributed by atoms with E-state index in [1.807, 2.05) is 61.5 Å². The van der Waals surface area contributed by atoms with Gasteiger partial charge in [-0.3, -0.25) is 9.36 Å². The molecule has 0 amide bonds. The van der Waals surface area contributed by atoms with E-state index < -0.39 is 0 Å². The van der Waals surface area contributed by atoms with E-state index in [9.17, 15) is 4.79 Å². The molecule has 5 aromatic rings. The minimum absolute atomic E-state index is 0.0772. The lowest BCUT2D eigenvalue weighted by atomic mass is 10.2. The van der Waals surface area contributed by atoms with Gasteiger partial charge in [-0.05, 0) is 43.3 Å². The maximum atomic E-state index is 12.5. The van der Waals surface area contributed by atoms with Crippen LogP contribution in [0.15, 0.2) is 88.8 Å². The van der Waals surface area contributed by atoms with Crippen molar-refractivity contribution in [3.05, 3.63) is 95.0 Å². The molecule has 0 fully saturated rings. The Morgan fingerprint density at radius 2 is 1.55 bits per heavy atom. The molecule has 5 rings (SSSR count). The quantitative estimate of drug-likeness (QED) is 0.427. The lowest BCUT2D eigenvalue weighted by Gasteiger charge is -2.13. The van der Waals surface area contributed by atoms with Gasteiger partial charge >= 0.3 is 0 Å². The van der Waals surface area contributed by atoms with Gasteiger partial charge in [0.25, 0.3) is 5.56 Å². The van der Waals surface area contributed by atoms with Gasteiger partial charge in [-0.1, -0.05) is 54.2 Å². The molecule has 5 nitrogen and oxygen atoms in total. The predicted octanol–water partition coefficient (Wildman–Crippen LogP) is 5.12. The summed E-state index contributed by atoms with van der Waals surface area (Å²) in [5.74, 6) is 0.644. The molecule has 142 valence electrons. The number of hydrogen-bond acceptors (Lipinski definition) is 4. The molecule has 0 bridgehead atoms. The first-order valence-electron chi connectivity index (χ1n) is 9.39. The number of benzene rings is 3. The number of nitrogens with zero attached hydrogens (tertiary/aromatic N) is 3. The van der Waals surface area contributed by atoms with Crippen molar-refractivity contribution in [2.45, 2.75) is 17.3 Å². The first-order chi connectivity index (χ1) is 14.2. The van der Waals surface area contributed by atoms with Crippen LogP contribution in [0.3, 0.4) is 0 Å². The summed E-state index contributed by atoms with van der Waals surface area (Å²) in [5.41, 5.74) is 3.63. The standard InChI is InChI=1S/C23H18N4OS/c1-15(21-24-18-12-6-5-11-17(18)22(28)26-21)29-23-25-19-13-7-8-14-20(19)27(23)16-9-3-2-4-10-16/h2-15H,1H3,(H,24,26,28). The smallest absolute Gasteiger partial charge is 0.258 e. The van der Waals surface area contributed by atoms with E-state index in [4.69, 9.17) is 4.98 Å². The van der Waals surface area contributed by atoms with E-state index >= 15 is 0 Å². The lowest BCUT2D eigenvalue weighted by Crippen LogP contribution is -2.13. The Morgan fingerprint density at radius 1 is 0.862 bits per heavy atom. The van der Waals surface area contributed by atoms with Crippen LogP contribution in [0.1, 0.15) is 18.0 Å². The van der Waals surface area contributed by atoms with Gasteiger partial charge in [0.15, 0.2) is 5.16 Å². The molecule has 0 saturated heterocycles. The molecule has 3 aromatic carbocycles. The van der Waals surface area contributed by atoms with Crippen LogP contribution in [-0.4, -0.2) is 19.5 Å². The highest BCUT2D eigenvalue weighted by molar-refractivity contribution is 7.99. The van der Waals surface area contributed by atoms with Crippen molar-refractivity contribution in [3.63, 3.8) is 0 Å². The molecule has 29 heavy (non-hydrogen) atoms. The van der Waals surface area contributed by atoms with Crippen LogP contribution in [0, 0.1) is 0 Å². The van der Waals surface area contributed by atoms with Crippen LogP contribution in [0.25, 0.3) is 27.6 Å². The number of thioether (sulfide) groups is 1. The van der Waals surface area contributed by atoms with Crippen LogP contribution in [0.4, 0.5) is 0 Å². The summed E-state index contributed by atoms with van der Waals surface area (Å²) in [5, 5.41) is 1.39. The van der Waals surface area contributed by atoms with Crippen molar-refractivity contribution < 1.29 is 0 Å². The van der Waals surface area contributed by atoms with E-state index in [1.165, 1.54) is 0 Å². The zero-order valence-corrected chi connectivity index (χ0v) is 16.6. The average Bonchev–Trinajstić information content (AvgIpc) is 3.12. The summed E-state index contributed by atoms with van der Waals surface area (Å²) in [7, 11) is 0. The predicted molar refractivity (Wildman–Crippen MR) is 118 cm³/mol. The number of aromatic amines is 1. The van der Waals surface area contributed by atoms with Crippen LogP contribution in [-0.2, 0) is 0 Å². The molecule has 6 heteroatoms. The van der Waals surface area contributed by atoms with Crippen LogP contribution >= 0.6 is 11.8 Å². The molecule has 2 aromatic heterocycles. The van der Waals surface area contributed by atoms with Crippen molar-refractivity contribution in [1.82, 2.24) is 19.5 Å². The minimum Gasteiger partial charge on any atom is -0.309 e. The van der Waals surface area contributed by atoms with Gasteiger partial charge in [0.2, 0.25) is 0 Å². The van der Waals surface area contributed by atoms with Crippen LogP contribution in [0.2, 0.25) is 0 Å². The molecule has 0 aliphatic heterocycles. The fraction of sp³-hybridized carbons (Fsp3) is 0.0870. The Balaban J connectivity index is 1.60. The van der Waals surface area contributed by atoms with Crippen molar-refractivity contribution in [2.75, 3.05) is 0 Å². The number of para-hydroxylation sites is 4. The summed E-state index contributed by atoms with van der Waals surface area (Å²) in [6, 6.07) is 25.7. The van der Waals surface area contributed by atoms with Crippen molar-refractivity contribution in [3.8, 4) is 5.69 Å². The fourth-order valence-corrected chi connectivity index (χ4v) is 4.42. The molecule has 0 spiro atoms. The number of nitrogens with one attached hydrogen (secondary N) is 1. The van der Waals surface area contributed by atoms with Crippen molar-refractivity contribution in [2.24, 2.45) is 0 Å². The first kappa shape index (κ1) is 17.7. The minimum atomic E-state index is -0.116. The van der Waals surface area contributed by atoms with Crippen molar-refractivity contribution >= 4 is 33.7 Å². The molecule has 1 N–H and O–H groups in total. The summed E-state index contributed by atoms with van der Waals surface area (Å²) in [6.07, 6.45) is 0. The molecule has 0 aliphatic rings. The third kappa shape index (κ3) is 3.21. The Kier molecular flexibility index (Phi) is 4.41. The second-order valence-electron chi connectivity index (χ2n) is 6.78. The number of imidazole rings is 1. The van der Waals surface area contributed by atoms with Gasteiger partial charge in [-0.25, -0.2) is 9.97 Å². The normalized spacial score (nSPS) is 12.4. The van der Waals surface area contributed by atoms with Crippen molar-refractivity contribution in [1.29, 1.82) is 0 Å². The van der Waals surface area contributed by atoms with E-state index in [2.05, 4.69) is 32.7 Å². The van der Waals surface area contributed by atoms with E-state index in [0.29, 0.717) is 16.7 Å². The summed E-state index contributed by atoms with van der Waals surface area (Å²) in [4.78, 5) is 24.9. The molecular weight excluding hydrogens is 380 g/mol. The lowest BCUT2D eigenvalue weighted by molar-refractivity contribution is 0.883. The van der Waals surface area contributed by atoms with Gasteiger partial charge in [0, 0.05) is 5.69 Å². The van der Waals surface area contributed by atoms with E-state index in [1.54, 1.807) is 17.8 Å². The SMILES string of the molecule is CC(Sc1nc2ccccc2n1-c1ccccc1)c1nc2ccccc2c(=O)[nH]1. The highest BCUT2D eigenvalue weighted by Crippen LogP contribution is 2.36. The zero-order chi connectivity index (χ0) is 19.8. The number of H-pyrrole nitrogens is 1. The monoisotopic (exact) mass is 398 g/mol. The summed E-state index contributed by atoms with van der Waals surface area (Å²) in [6.45, 7) is 2.03. The maximum Gasteiger partial charge on any atom is 0.258 e. The highest BCUT2D eigenvalue weighted by atomic mass is 32.2. The largest absolute Gasteiger partial charge is 0.309 e. The van der Waals surface area contributed by atoms with Crippen LogP contribution in [0.5, 0.6) is 0 Å². The fourth-order valence-electron chi connectivity index (χ4n) is 3.42. The third-order valence-electron chi connectivity index (χ3n) is 4.84. The van der Waals surface area contributed by atoms with Gasteiger partial charge < -0.3 is 4.98 Å². The molecule has 1 atom stereocenters. The third-order valence-corrected chi connectivity index (χ3v) is 5.90. The van der Waals surface area contributed by atoms with Gasteiger partial charge in [-0.2, -0.15) is 0 Å². The Morgan fingerprint density at radius 3 is 2.38 bits per heavy atom. The molecular formula is C23H18N4OS. The molecule has 0 aliphatic carbocycles. The van der Waals surface area contributed by atoms with Crippen LogP contribution < -0.4 is 5.56 Å². The van der Waals surface area contributed by atoms with Gasteiger partial charge in [0.1, 0.15) is 5.82 Å². The number of hydrogen-bond donors (Lipinski definition) is 1. The number of rotatable bonds is 4. The second-order valence-corrected chi connectivity index (χ2v) is 8.09. The Bertz CT molecular complexity index is 1370. The molecule has 2 heterocycles. The topological polar surface area (TPSA) is 63.6 Å². The van der Waals surface area contributed by atoms with Gasteiger partial charge in [-0.15, -0.1) is 0 Å². The molecule has 0 saturated carbocycles. The molecule has 0 radical (unpaired) electrons. The Hall–Kier alpha value is -3.38. The maximum absolute atomic E-state index is 12.5. The number of fused-ring (bicyclic) bond motifs is 2. The summed E-state index contributed by atoms with van der Waals surface area (Å²) >= 11 is 1.58. The second kappa shape index (κ2) is 7.22. The molecule has 1 unspecified atom stereocenters. The zero-order valence-electron chi connectivity index (χ0n) is 15.7.